The minimum absolute atomic E-state index is 0.226. The van der Waals surface area contributed by atoms with Gasteiger partial charge in [-0.1, -0.05) is 29.8 Å². The number of allylic oxidation sites excluding steroid dienone is 1. The van der Waals surface area contributed by atoms with Crippen LogP contribution in [0, 0.1) is 11.3 Å². The first kappa shape index (κ1) is 18.8. The molecule has 138 valence electrons. The maximum absolute atomic E-state index is 9.78. The summed E-state index contributed by atoms with van der Waals surface area (Å²) in [5, 5.41) is 10.4. The lowest BCUT2D eigenvalue weighted by molar-refractivity contribution is 0.395. The van der Waals surface area contributed by atoms with Gasteiger partial charge in [0.25, 0.3) is 0 Å². The normalized spacial score (nSPS) is 16.0. The molecule has 0 radical (unpaired) electrons. The Balaban J connectivity index is 2.18. The van der Waals surface area contributed by atoms with Crippen molar-refractivity contribution in [3.05, 3.63) is 70.1 Å². The van der Waals surface area contributed by atoms with Crippen molar-refractivity contribution in [2.75, 3.05) is 18.0 Å². The second-order valence-electron chi connectivity index (χ2n) is 6.09. The van der Waals surface area contributed by atoms with E-state index in [-0.39, 0.29) is 11.8 Å². The summed E-state index contributed by atoms with van der Waals surface area (Å²) in [6, 6.07) is 15.8. The Morgan fingerprint density at radius 2 is 1.93 bits per heavy atom. The van der Waals surface area contributed by atoms with Crippen molar-refractivity contribution < 1.29 is 4.74 Å². The Kier molecular flexibility index (Phi) is 5.68. The van der Waals surface area contributed by atoms with Crippen molar-refractivity contribution in [3.8, 4) is 11.8 Å². The largest absolute Gasteiger partial charge is 0.437 e. The quantitative estimate of drug-likeness (QED) is 0.615. The van der Waals surface area contributed by atoms with E-state index in [9.17, 15) is 5.26 Å². The van der Waals surface area contributed by atoms with E-state index < -0.39 is 0 Å². The lowest BCUT2D eigenvalue weighted by Gasteiger charge is -2.28. The molecule has 0 aromatic heterocycles. The van der Waals surface area contributed by atoms with E-state index in [1.165, 1.54) is 0 Å². The first-order chi connectivity index (χ1) is 13.1. The van der Waals surface area contributed by atoms with E-state index >= 15 is 0 Å². The summed E-state index contributed by atoms with van der Waals surface area (Å²) in [5.74, 6) is 0.614. The van der Waals surface area contributed by atoms with Crippen LogP contribution in [-0.2, 0) is 0 Å². The van der Waals surface area contributed by atoms with Crippen LogP contribution < -0.4 is 15.4 Å². The molecule has 0 amide bonds. The molecule has 2 N–H and O–H groups in total. The van der Waals surface area contributed by atoms with Gasteiger partial charge >= 0.3 is 0 Å². The van der Waals surface area contributed by atoms with Gasteiger partial charge in [0.2, 0.25) is 5.88 Å². The van der Waals surface area contributed by atoms with E-state index in [0.717, 1.165) is 36.2 Å². The fourth-order valence-electron chi connectivity index (χ4n) is 3.35. The number of fused-ring (bicyclic) bond motifs is 1. The van der Waals surface area contributed by atoms with Gasteiger partial charge in [-0.05, 0) is 37.6 Å². The molecular formula is C21H21ClN4O. The van der Waals surface area contributed by atoms with Crippen molar-refractivity contribution in [1.29, 1.82) is 5.26 Å². The molecular weight excluding hydrogens is 360 g/mol. The van der Waals surface area contributed by atoms with Gasteiger partial charge in [0.15, 0.2) is 0 Å². The van der Waals surface area contributed by atoms with Crippen molar-refractivity contribution in [3.63, 3.8) is 0 Å². The second-order valence-corrected chi connectivity index (χ2v) is 6.53. The molecule has 2 aromatic rings. The van der Waals surface area contributed by atoms with Crippen LogP contribution in [0.2, 0.25) is 5.02 Å². The molecule has 2 aromatic carbocycles. The summed E-state index contributed by atoms with van der Waals surface area (Å²) in [6.07, 6.45) is 1.14. The van der Waals surface area contributed by atoms with Gasteiger partial charge in [-0.15, -0.1) is 0 Å². The zero-order valence-electron chi connectivity index (χ0n) is 15.3. The Hall–Kier alpha value is -2.97. The number of anilines is 1. The number of hydrogen-bond acceptors (Lipinski definition) is 4. The predicted octanol–water partition coefficient (Wildman–Crippen LogP) is 4.43. The van der Waals surface area contributed by atoms with Crippen LogP contribution in [0.1, 0.15) is 30.9 Å². The minimum atomic E-state index is -0.291. The highest BCUT2D eigenvalue weighted by molar-refractivity contribution is 6.30. The van der Waals surface area contributed by atoms with Crippen molar-refractivity contribution in [2.24, 2.45) is 10.7 Å². The highest BCUT2D eigenvalue weighted by Gasteiger charge is 2.31. The van der Waals surface area contributed by atoms with Gasteiger partial charge in [0, 0.05) is 35.4 Å². The van der Waals surface area contributed by atoms with Gasteiger partial charge in [0.05, 0.1) is 12.3 Å². The molecule has 0 spiro atoms. The van der Waals surface area contributed by atoms with Gasteiger partial charge in [-0.2, -0.15) is 5.26 Å². The molecule has 0 saturated carbocycles. The van der Waals surface area contributed by atoms with E-state index in [2.05, 4.69) is 35.9 Å². The molecule has 0 fully saturated rings. The summed E-state index contributed by atoms with van der Waals surface area (Å²) in [6.45, 7) is 6.00. The second kappa shape index (κ2) is 8.15. The fourth-order valence-corrected chi connectivity index (χ4v) is 3.48. The maximum Gasteiger partial charge on any atom is 0.235 e. The van der Waals surface area contributed by atoms with Gasteiger partial charge in [-0.3, -0.25) is 0 Å². The number of hydrogen-bond donors (Lipinski definition) is 1. The molecule has 6 heteroatoms. The van der Waals surface area contributed by atoms with Gasteiger partial charge in [-0.25, -0.2) is 4.99 Å². The number of rotatable bonds is 5. The Morgan fingerprint density at radius 3 is 2.52 bits per heavy atom. The molecule has 0 bridgehead atoms. The third kappa shape index (κ3) is 3.62. The Labute approximate surface area is 164 Å². The zero-order valence-corrected chi connectivity index (χ0v) is 16.1. The topological polar surface area (TPSA) is 74.6 Å². The molecule has 0 aliphatic carbocycles. The van der Waals surface area contributed by atoms with E-state index in [1.807, 2.05) is 36.4 Å². The number of nitriles is 1. The number of ether oxygens (including phenoxy) is 1. The lowest BCUT2D eigenvalue weighted by atomic mass is 9.83. The monoisotopic (exact) mass is 380 g/mol. The van der Waals surface area contributed by atoms with E-state index in [1.54, 1.807) is 0 Å². The van der Waals surface area contributed by atoms with Gasteiger partial charge < -0.3 is 15.4 Å². The number of halogens is 1. The molecule has 5 nitrogen and oxygen atoms in total. The lowest BCUT2D eigenvalue weighted by Crippen LogP contribution is -2.22. The van der Waals surface area contributed by atoms with E-state index in [4.69, 9.17) is 22.1 Å². The molecule has 3 rings (SSSR count). The van der Waals surface area contributed by atoms with Crippen LogP contribution in [0.4, 0.5) is 5.69 Å². The van der Waals surface area contributed by atoms with Crippen LogP contribution in [0.3, 0.4) is 0 Å². The molecule has 1 aliphatic rings. The summed E-state index contributed by atoms with van der Waals surface area (Å²) < 4.78 is 5.96. The number of nitrogens with zero attached hydrogens (tertiary/aromatic N) is 3. The fraction of sp³-hybridized carbons (Fsp3) is 0.238. The van der Waals surface area contributed by atoms with Crippen molar-refractivity contribution in [1.82, 2.24) is 0 Å². The van der Waals surface area contributed by atoms with E-state index in [0.29, 0.717) is 16.3 Å². The molecule has 0 saturated heterocycles. The Bertz CT molecular complexity index is 924. The standard InChI is InChI=1S/C21H21ClN4O/c1-3-26(4-2)16-9-10-17-19(11-16)27-21(25-13-24)18(12-23)20(17)14-5-7-15(22)8-6-14/h5-11,13,20H,3-4H2,1-2H3,(H2,24,25). The first-order valence-corrected chi connectivity index (χ1v) is 9.21. The molecule has 1 heterocycles. The Morgan fingerprint density at radius 1 is 1.22 bits per heavy atom. The van der Waals surface area contributed by atoms with Crippen LogP contribution in [0.25, 0.3) is 0 Å². The van der Waals surface area contributed by atoms with Crippen LogP contribution in [0.15, 0.2) is 58.9 Å². The summed E-state index contributed by atoms with van der Waals surface area (Å²) >= 11 is 6.04. The number of aliphatic imine (C=N–C) groups is 1. The smallest absolute Gasteiger partial charge is 0.235 e. The average molecular weight is 381 g/mol. The molecule has 1 unspecified atom stereocenters. The minimum Gasteiger partial charge on any atom is -0.437 e. The van der Waals surface area contributed by atoms with Crippen LogP contribution >= 0.6 is 11.6 Å². The molecule has 1 atom stereocenters. The molecule has 27 heavy (non-hydrogen) atoms. The van der Waals surface area contributed by atoms with Crippen LogP contribution in [-0.4, -0.2) is 19.4 Å². The van der Waals surface area contributed by atoms with Crippen LogP contribution in [0.5, 0.6) is 5.75 Å². The third-order valence-electron chi connectivity index (χ3n) is 4.68. The summed E-state index contributed by atoms with van der Waals surface area (Å²) in [4.78, 5) is 6.32. The molecule has 1 aliphatic heterocycles. The first-order valence-electron chi connectivity index (χ1n) is 8.83. The van der Waals surface area contributed by atoms with Crippen molar-refractivity contribution in [2.45, 2.75) is 19.8 Å². The predicted molar refractivity (Wildman–Crippen MR) is 109 cm³/mol. The highest BCUT2D eigenvalue weighted by atomic mass is 35.5. The highest BCUT2D eigenvalue weighted by Crippen LogP contribution is 2.44. The summed E-state index contributed by atoms with van der Waals surface area (Å²) in [7, 11) is 0. The van der Waals surface area contributed by atoms with Gasteiger partial charge in [0.1, 0.15) is 17.4 Å². The SMILES string of the molecule is CCN(CC)c1ccc2c(c1)OC(/N=C/N)=C(C#N)C2c1ccc(Cl)cc1. The summed E-state index contributed by atoms with van der Waals surface area (Å²) in [5.41, 5.74) is 8.82. The van der Waals surface area contributed by atoms with Crippen molar-refractivity contribution >= 4 is 23.6 Å². The third-order valence-corrected chi connectivity index (χ3v) is 4.93. The number of benzene rings is 2. The average Bonchev–Trinajstić information content (AvgIpc) is 2.69. The maximum atomic E-state index is 9.78. The number of nitrogens with two attached hydrogens (primary N) is 1. The zero-order chi connectivity index (χ0) is 19.4.